The number of aromatic nitrogens is 1. The zero-order chi connectivity index (χ0) is 15.4. The van der Waals surface area contributed by atoms with Gasteiger partial charge in [-0.1, -0.05) is 12.1 Å². The van der Waals surface area contributed by atoms with Gasteiger partial charge in [-0.15, -0.1) is 0 Å². The van der Waals surface area contributed by atoms with E-state index in [1.807, 2.05) is 0 Å². The Hall–Kier alpha value is -2.90. The van der Waals surface area contributed by atoms with Crippen LogP contribution in [0.25, 0.3) is 0 Å². The molecule has 0 spiro atoms. The molecule has 0 saturated carbocycles. The first-order valence-electron chi connectivity index (χ1n) is 5.98. The molecule has 8 heteroatoms. The van der Waals surface area contributed by atoms with Gasteiger partial charge in [-0.3, -0.25) is 10.1 Å². The number of benzene rings is 1. The number of nitrogen functional groups attached to an aromatic ring is 1. The number of nitrogens with zero attached hydrogens (tertiary/aromatic N) is 2. The highest BCUT2D eigenvalue weighted by molar-refractivity contribution is 5.71. The first-order valence-corrected chi connectivity index (χ1v) is 5.98. The van der Waals surface area contributed by atoms with Crippen molar-refractivity contribution < 1.29 is 14.1 Å². The quantitative estimate of drug-likeness (QED) is 0.647. The van der Waals surface area contributed by atoms with Gasteiger partial charge in [-0.2, -0.15) is 0 Å². The number of ether oxygens (including phenoxy) is 1. The Morgan fingerprint density at radius 2 is 2.10 bits per heavy atom. The number of pyridine rings is 1. The molecule has 0 radical (unpaired) electrons. The Kier molecular flexibility index (Phi) is 4.17. The molecule has 2 rings (SSSR count). The third-order valence-electron chi connectivity index (χ3n) is 2.85. The van der Waals surface area contributed by atoms with Crippen LogP contribution in [-0.2, 0) is 6.54 Å². The van der Waals surface area contributed by atoms with Crippen molar-refractivity contribution in [2.75, 3.05) is 18.2 Å². The summed E-state index contributed by atoms with van der Waals surface area (Å²) >= 11 is 0. The number of hydrogen-bond donors (Lipinski definition) is 2. The Morgan fingerprint density at radius 1 is 1.43 bits per heavy atom. The summed E-state index contributed by atoms with van der Waals surface area (Å²) in [6.45, 7) is 0.281. The van der Waals surface area contributed by atoms with Gasteiger partial charge >= 0.3 is 5.69 Å². The second-order valence-electron chi connectivity index (χ2n) is 4.18. The Morgan fingerprint density at radius 3 is 2.67 bits per heavy atom. The smallest absolute Gasteiger partial charge is 0.337 e. The maximum absolute atomic E-state index is 13.2. The Bertz CT molecular complexity index is 661. The molecule has 21 heavy (non-hydrogen) atoms. The van der Waals surface area contributed by atoms with E-state index in [0.29, 0.717) is 5.75 Å². The minimum Gasteiger partial charge on any atom is -0.497 e. The van der Waals surface area contributed by atoms with Crippen LogP contribution in [0.1, 0.15) is 5.56 Å². The van der Waals surface area contributed by atoms with Gasteiger partial charge in [0.15, 0.2) is 11.5 Å². The van der Waals surface area contributed by atoms with Gasteiger partial charge in [0.1, 0.15) is 5.75 Å². The molecule has 1 aromatic heterocycles. The van der Waals surface area contributed by atoms with Crippen LogP contribution in [0.3, 0.4) is 0 Å². The average Bonchev–Trinajstić information content (AvgIpc) is 2.48. The molecule has 0 fully saturated rings. The van der Waals surface area contributed by atoms with Crippen LogP contribution in [0.15, 0.2) is 30.5 Å². The summed E-state index contributed by atoms with van der Waals surface area (Å²) in [5.41, 5.74) is 5.13. The maximum atomic E-state index is 13.2. The summed E-state index contributed by atoms with van der Waals surface area (Å²) < 4.78 is 18.3. The third-order valence-corrected chi connectivity index (χ3v) is 2.85. The Balaban J connectivity index is 2.19. The first kappa shape index (κ1) is 14.5. The highest BCUT2D eigenvalue weighted by Gasteiger charge is 2.22. The number of rotatable bonds is 5. The molecule has 1 aromatic carbocycles. The lowest BCUT2D eigenvalue weighted by atomic mass is 10.2. The van der Waals surface area contributed by atoms with Crippen molar-refractivity contribution in [3.05, 3.63) is 52.0 Å². The predicted molar refractivity (Wildman–Crippen MR) is 75.6 cm³/mol. The number of hydrogen-bond acceptors (Lipinski definition) is 6. The minimum atomic E-state index is -0.920. The van der Waals surface area contributed by atoms with E-state index in [1.54, 1.807) is 31.4 Å². The molecule has 3 N–H and O–H groups in total. The molecule has 110 valence electrons. The summed E-state index contributed by atoms with van der Waals surface area (Å²) in [7, 11) is 1.56. The Labute approximate surface area is 119 Å². The van der Waals surface area contributed by atoms with Gasteiger partial charge in [0.25, 0.3) is 0 Å². The van der Waals surface area contributed by atoms with Crippen molar-refractivity contribution in [3.63, 3.8) is 0 Å². The number of halogens is 1. The van der Waals surface area contributed by atoms with E-state index in [0.717, 1.165) is 11.8 Å². The average molecular weight is 292 g/mol. The van der Waals surface area contributed by atoms with E-state index in [4.69, 9.17) is 10.5 Å². The van der Waals surface area contributed by atoms with Crippen LogP contribution in [0.4, 0.5) is 21.6 Å². The van der Waals surface area contributed by atoms with Gasteiger partial charge in [0.2, 0.25) is 5.82 Å². The van der Waals surface area contributed by atoms with Crippen LogP contribution >= 0.6 is 0 Å². The van der Waals surface area contributed by atoms with Crippen molar-refractivity contribution in [1.29, 1.82) is 0 Å². The SMILES string of the molecule is COc1ccc(CNc2ncc(F)c(N)c2[N+](=O)[O-])cc1. The molecular weight excluding hydrogens is 279 g/mol. The van der Waals surface area contributed by atoms with E-state index >= 15 is 0 Å². The lowest BCUT2D eigenvalue weighted by molar-refractivity contribution is -0.383. The highest BCUT2D eigenvalue weighted by Crippen LogP contribution is 2.30. The summed E-state index contributed by atoms with van der Waals surface area (Å²) in [5.74, 6) is -0.291. The summed E-state index contributed by atoms with van der Waals surface area (Å²) in [6.07, 6.45) is 0.846. The highest BCUT2D eigenvalue weighted by atomic mass is 19.1. The molecule has 2 aromatic rings. The molecule has 1 heterocycles. The van der Waals surface area contributed by atoms with Crippen molar-refractivity contribution in [2.24, 2.45) is 0 Å². The zero-order valence-electron chi connectivity index (χ0n) is 11.2. The summed E-state index contributed by atoms with van der Waals surface area (Å²) in [5, 5.41) is 13.7. The van der Waals surface area contributed by atoms with E-state index in [1.165, 1.54) is 0 Å². The molecule has 0 unspecified atom stereocenters. The van der Waals surface area contributed by atoms with Crippen LogP contribution in [-0.4, -0.2) is 17.0 Å². The number of nitrogens with one attached hydrogen (secondary N) is 1. The number of nitro groups is 1. The van der Waals surface area contributed by atoms with Crippen molar-refractivity contribution in [3.8, 4) is 5.75 Å². The molecule has 7 nitrogen and oxygen atoms in total. The first-order chi connectivity index (χ1) is 10.0. The monoisotopic (exact) mass is 292 g/mol. The van der Waals surface area contributed by atoms with Gasteiger partial charge in [0.05, 0.1) is 18.2 Å². The fourth-order valence-corrected chi connectivity index (χ4v) is 1.74. The van der Waals surface area contributed by atoms with E-state index in [-0.39, 0.29) is 12.4 Å². The number of methoxy groups -OCH3 is 1. The van der Waals surface area contributed by atoms with Crippen molar-refractivity contribution in [2.45, 2.75) is 6.54 Å². The fourth-order valence-electron chi connectivity index (χ4n) is 1.74. The lowest BCUT2D eigenvalue weighted by Gasteiger charge is -2.08. The maximum Gasteiger partial charge on any atom is 0.337 e. The van der Waals surface area contributed by atoms with Crippen LogP contribution in [0, 0.1) is 15.9 Å². The normalized spacial score (nSPS) is 10.2. The second kappa shape index (κ2) is 6.04. The predicted octanol–water partition coefficient (Wildman–Crippen LogP) is 2.33. The molecular formula is C13H13FN4O3. The topological polar surface area (TPSA) is 103 Å². The lowest BCUT2D eigenvalue weighted by Crippen LogP contribution is -2.08. The molecule has 0 saturated heterocycles. The molecule has 0 aliphatic heterocycles. The minimum absolute atomic E-state index is 0.0743. The van der Waals surface area contributed by atoms with E-state index in [9.17, 15) is 14.5 Å². The second-order valence-corrected chi connectivity index (χ2v) is 4.18. The summed E-state index contributed by atoms with van der Waals surface area (Å²) in [4.78, 5) is 13.9. The molecule has 0 aliphatic rings. The van der Waals surface area contributed by atoms with Gasteiger partial charge in [-0.25, -0.2) is 9.37 Å². The van der Waals surface area contributed by atoms with E-state index in [2.05, 4.69) is 10.3 Å². The largest absolute Gasteiger partial charge is 0.497 e. The fraction of sp³-hybridized carbons (Fsp3) is 0.154. The molecule has 0 aliphatic carbocycles. The number of nitrogens with two attached hydrogens (primary N) is 1. The molecule has 0 amide bonds. The molecule has 0 bridgehead atoms. The zero-order valence-corrected chi connectivity index (χ0v) is 11.2. The van der Waals surface area contributed by atoms with Gasteiger partial charge in [0, 0.05) is 6.54 Å². The number of anilines is 2. The standard InChI is InChI=1S/C13H13FN4O3/c1-21-9-4-2-8(3-5-9)6-16-13-12(18(19)20)11(15)10(14)7-17-13/h2-5,7H,6H2,1H3,(H3,15,16,17). The van der Waals surface area contributed by atoms with Crippen molar-refractivity contribution >= 4 is 17.2 Å². The van der Waals surface area contributed by atoms with Crippen LogP contribution < -0.4 is 15.8 Å². The van der Waals surface area contributed by atoms with Crippen LogP contribution in [0.5, 0.6) is 5.75 Å². The molecule has 0 atom stereocenters. The van der Waals surface area contributed by atoms with Gasteiger partial charge in [-0.05, 0) is 17.7 Å². The summed E-state index contributed by atoms with van der Waals surface area (Å²) in [6, 6.07) is 7.12. The van der Waals surface area contributed by atoms with Gasteiger partial charge < -0.3 is 15.8 Å². The third kappa shape index (κ3) is 3.16. The van der Waals surface area contributed by atoms with Crippen LogP contribution in [0.2, 0.25) is 0 Å². The van der Waals surface area contributed by atoms with E-state index < -0.39 is 22.1 Å². The van der Waals surface area contributed by atoms with Crippen molar-refractivity contribution in [1.82, 2.24) is 4.98 Å².